The van der Waals surface area contributed by atoms with E-state index < -0.39 is 0 Å². The van der Waals surface area contributed by atoms with Crippen molar-refractivity contribution in [3.05, 3.63) is 42.0 Å². The van der Waals surface area contributed by atoms with E-state index in [1.54, 1.807) is 7.11 Å². The second kappa shape index (κ2) is 5.00. The first-order valence-electron chi connectivity index (χ1n) is 5.86. The van der Waals surface area contributed by atoms with Gasteiger partial charge in [0.25, 0.3) is 0 Å². The van der Waals surface area contributed by atoms with Crippen molar-refractivity contribution in [1.29, 1.82) is 0 Å². The van der Waals surface area contributed by atoms with Gasteiger partial charge < -0.3 is 4.74 Å². The van der Waals surface area contributed by atoms with Gasteiger partial charge in [-0.15, -0.1) is 0 Å². The Labute approximate surface area is 101 Å². The number of carbonyl (C=O) groups is 1. The van der Waals surface area contributed by atoms with Crippen LogP contribution in [0.5, 0.6) is 5.75 Å². The van der Waals surface area contributed by atoms with Gasteiger partial charge in [-0.1, -0.05) is 25.1 Å². The summed E-state index contributed by atoms with van der Waals surface area (Å²) < 4.78 is 5.19. The maximum atomic E-state index is 12.0. The van der Waals surface area contributed by atoms with Crippen LogP contribution >= 0.6 is 0 Å². The minimum absolute atomic E-state index is 0.211. The Bertz CT molecular complexity index is 544. The number of benzene rings is 2. The van der Waals surface area contributed by atoms with Crippen LogP contribution in [-0.4, -0.2) is 12.9 Å². The van der Waals surface area contributed by atoms with Crippen molar-refractivity contribution >= 4 is 16.6 Å². The Hall–Kier alpha value is -1.83. The van der Waals surface area contributed by atoms with Crippen LogP contribution in [0, 0.1) is 0 Å². The van der Waals surface area contributed by atoms with E-state index in [9.17, 15) is 4.79 Å². The molecule has 0 unspecified atom stereocenters. The van der Waals surface area contributed by atoms with Crippen molar-refractivity contribution in [2.45, 2.75) is 19.8 Å². The highest BCUT2D eigenvalue weighted by atomic mass is 16.5. The molecule has 0 aromatic heterocycles. The van der Waals surface area contributed by atoms with Crippen LogP contribution in [0.1, 0.15) is 30.1 Å². The van der Waals surface area contributed by atoms with Gasteiger partial charge in [0.1, 0.15) is 5.75 Å². The van der Waals surface area contributed by atoms with Crippen molar-refractivity contribution in [3.8, 4) is 5.75 Å². The lowest BCUT2D eigenvalue weighted by Gasteiger charge is -2.07. The molecule has 0 saturated carbocycles. The predicted octanol–water partition coefficient (Wildman–Crippen LogP) is 3.83. The molecule has 2 nitrogen and oxygen atoms in total. The zero-order valence-electron chi connectivity index (χ0n) is 10.2. The van der Waals surface area contributed by atoms with Crippen molar-refractivity contribution in [2.75, 3.05) is 7.11 Å². The molecule has 0 bridgehead atoms. The smallest absolute Gasteiger partial charge is 0.163 e. The number of Topliss-reactive ketones (excluding diaryl/α,β-unsaturated/α-hetero) is 1. The Balaban J connectivity index is 2.54. The molecule has 0 aliphatic carbocycles. The van der Waals surface area contributed by atoms with E-state index in [1.807, 2.05) is 43.3 Å². The molecule has 0 N–H and O–H groups in total. The lowest BCUT2D eigenvalue weighted by atomic mass is 9.99. The number of carbonyl (C=O) groups excluding carboxylic acids is 1. The third-order valence-electron chi connectivity index (χ3n) is 2.87. The van der Waals surface area contributed by atoms with Crippen LogP contribution in [0.2, 0.25) is 0 Å². The van der Waals surface area contributed by atoms with E-state index in [2.05, 4.69) is 0 Å². The van der Waals surface area contributed by atoms with Gasteiger partial charge in [0.05, 0.1) is 7.11 Å². The summed E-state index contributed by atoms with van der Waals surface area (Å²) in [5, 5.41) is 2.05. The standard InChI is InChI=1S/C15H16O2/c1-3-5-15(16)14-7-4-6-11-10-12(17-2)8-9-13(11)14/h4,6-10H,3,5H2,1-2H3. The third-order valence-corrected chi connectivity index (χ3v) is 2.87. The summed E-state index contributed by atoms with van der Waals surface area (Å²) in [4.78, 5) is 12.0. The number of hydrogen-bond donors (Lipinski definition) is 0. The Morgan fingerprint density at radius 1 is 1.24 bits per heavy atom. The van der Waals surface area contributed by atoms with Crippen LogP contribution in [0.15, 0.2) is 36.4 Å². The van der Waals surface area contributed by atoms with Gasteiger partial charge in [-0.2, -0.15) is 0 Å². The van der Waals surface area contributed by atoms with E-state index in [0.29, 0.717) is 6.42 Å². The SMILES string of the molecule is CCCC(=O)c1cccc2cc(OC)ccc12. The topological polar surface area (TPSA) is 26.3 Å². The maximum absolute atomic E-state index is 12.0. The third kappa shape index (κ3) is 2.31. The maximum Gasteiger partial charge on any atom is 0.163 e. The average molecular weight is 228 g/mol. The molecule has 0 radical (unpaired) electrons. The van der Waals surface area contributed by atoms with Crippen LogP contribution in [0.4, 0.5) is 0 Å². The van der Waals surface area contributed by atoms with Crippen LogP contribution in [0.25, 0.3) is 10.8 Å². The molecular weight excluding hydrogens is 212 g/mol. The first kappa shape index (κ1) is 11.6. The molecule has 0 aliphatic rings. The molecule has 0 aliphatic heterocycles. The molecule has 2 aromatic rings. The number of rotatable bonds is 4. The van der Waals surface area contributed by atoms with E-state index >= 15 is 0 Å². The molecule has 0 spiro atoms. The van der Waals surface area contributed by atoms with Crippen LogP contribution < -0.4 is 4.74 Å². The molecule has 2 rings (SSSR count). The van der Waals surface area contributed by atoms with E-state index in [1.165, 1.54) is 0 Å². The van der Waals surface area contributed by atoms with Crippen molar-refractivity contribution in [3.63, 3.8) is 0 Å². The Kier molecular flexibility index (Phi) is 3.43. The fourth-order valence-corrected chi connectivity index (χ4v) is 1.99. The van der Waals surface area contributed by atoms with Crippen LogP contribution in [-0.2, 0) is 0 Å². The fourth-order valence-electron chi connectivity index (χ4n) is 1.99. The molecule has 88 valence electrons. The fraction of sp³-hybridized carbons (Fsp3) is 0.267. The molecule has 0 atom stereocenters. The van der Waals surface area contributed by atoms with E-state index in [0.717, 1.165) is 28.5 Å². The molecular formula is C15H16O2. The highest BCUT2D eigenvalue weighted by Gasteiger charge is 2.09. The molecule has 0 amide bonds. The normalized spacial score (nSPS) is 10.5. The monoisotopic (exact) mass is 228 g/mol. The summed E-state index contributed by atoms with van der Waals surface area (Å²) in [6.45, 7) is 2.02. The van der Waals surface area contributed by atoms with Crippen molar-refractivity contribution in [1.82, 2.24) is 0 Å². The highest BCUT2D eigenvalue weighted by molar-refractivity contribution is 6.08. The van der Waals surface area contributed by atoms with Crippen molar-refractivity contribution < 1.29 is 9.53 Å². The first-order chi connectivity index (χ1) is 8.26. The van der Waals surface area contributed by atoms with Crippen LogP contribution in [0.3, 0.4) is 0 Å². The minimum Gasteiger partial charge on any atom is -0.497 e. The second-order valence-electron chi connectivity index (χ2n) is 4.07. The van der Waals surface area contributed by atoms with Gasteiger partial charge >= 0.3 is 0 Å². The Morgan fingerprint density at radius 2 is 2.06 bits per heavy atom. The van der Waals surface area contributed by atoms with Gasteiger partial charge in [0.2, 0.25) is 0 Å². The van der Waals surface area contributed by atoms with Gasteiger partial charge in [-0.05, 0) is 35.4 Å². The average Bonchev–Trinajstić information content (AvgIpc) is 2.37. The van der Waals surface area contributed by atoms with Gasteiger partial charge in [-0.3, -0.25) is 4.79 Å². The number of hydrogen-bond acceptors (Lipinski definition) is 2. The summed E-state index contributed by atoms with van der Waals surface area (Å²) in [7, 11) is 1.65. The molecule has 17 heavy (non-hydrogen) atoms. The van der Waals surface area contributed by atoms with Crippen molar-refractivity contribution in [2.24, 2.45) is 0 Å². The molecule has 0 saturated heterocycles. The second-order valence-corrected chi connectivity index (χ2v) is 4.07. The number of ketones is 1. The highest BCUT2D eigenvalue weighted by Crippen LogP contribution is 2.24. The van der Waals surface area contributed by atoms with Gasteiger partial charge in [0, 0.05) is 12.0 Å². The number of fused-ring (bicyclic) bond motifs is 1. The van der Waals surface area contributed by atoms with E-state index in [4.69, 9.17) is 4.74 Å². The lowest BCUT2D eigenvalue weighted by molar-refractivity contribution is 0.0983. The number of methoxy groups -OCH3 is 1. The lowest BCUT2D eigenvalue weighted by Crippen LogP contribution is -1.99. The molecule has 2 aromatic carbocycles. The quantitative estimate of drug-likeness (QED) is 0.743. The summed E-state index contributed by atoms with van der Waals surface area (Å²) in [6.07, 6.45) is 1.48. The summed E-state index contributed by atoms with van der Waals surface area (Å²) in [5.74, 6) is 1.03. The zero-order chi connectivity index (χ0) is 12.3. The first-order valence-corrected chi connectivity index (χ1v) is 5.86. The molecule has 2 heteroatoms. The largest absolute Gasteiger partial charge is 0.497 e. The zero-order valence-corrected chi connectivity index (χ0v) is 10.2. The molecule has 0 fully saturated rings. The number of ether oxygens (including phenoxy) is 1. The molecule has 0 heterocycles. The predicted molar refractivity (Wildman–Crippen MR) is 69.7 cm³/mol. The Morgan fingerprint density at radius 3 is 2.76 bits per heavy atom. The van der Waals surface area contributed by atoms with Gasteiger partial charge in [0.15, 0.2) is 5.78 Å². The summed E-state index contributed by atoms with van der Waals surface area (Å²) in [5.41, 5.74) is 0.812. The summed E-state index contributed by atoms with van der Waals surface area (Å²) >= 11 is 0. The minimum atomic E-state index is 0.211. The summed E-state index contributed by atoms with van der Waals surface area (Å²) in [6, 6.07) is 11.6. The van der Waals surface area contributed by atoms with E-state index in [-0.39, 0.29) is 5.78 Å². The van der Waals surface area contributed by atoms with Gasteiger partial charge in [-0.25, -0.2) is 0 Å².